The van der Waals surface area contributed by atoms with Gasteiger partial charge in [0.25, 0.3) is 0 Å². The Kier molecular flexibility index (Phi) is 5.59. The Bertz CT molecular complexity index is 513. The predicted octanol–water partition coefficient (Wildman–Crippen LogP) is 2.91. The molecule has 0 fully saturated rings. The first-order valence-electron chi connectivity index (χ1n) is 6.91. The van der Waals surface area contributed by atoms with E-state index >= 15 is 0 Å². The Balaban J connectivity index is 1.96. The van der Waals surface area contributed by atoms with Crippen LogP contribution in [0.2, 0.25) is 0 Å². The smallest absolute Gasteiger partial charge is 0.123 e. The first kappa shape index (κ1) is 14.6. The lowest BCUT2D eigenvalue weighted by molar-refractivity contribution is 0.200. The number of para-hydroxylation sites is 1. The van der Waals surface area contributed by atoms with Gasteiger partial charge in [-0.05, 0) is 18.6 Å². The van der Waals surface area contributed by atoms with Gasteiger partial charge in [-0.1, -0.05) is 48.5 Å². The number of aliphatic hydroxyl groups excluding tert-OH is 1. The molecule has 0 aliphatic heterocycles. The molecule has 2 aromatic rings. The monoisotopic (exact) mass is 271 g/mol. The molecule has 20 heavy (non-hydrogen) atoms. The van der Waals surface area contributed by atoms with E-state index in [1.807, 2.05) is 42.5 Å². The molecular weight excluding hydrogens is 250 g/mol. The van der Waals surface area contributed by atoms with Crippen LogP contribution in [0.4, 0.5) is 0 Å². The average Bonchev–Trinajstić information content (AvgIpc) is 2.52. The fourth-order valence-corrected chi connectivity index (χ4v) is 2.07. The summed E-state index contributed by atoms with van der Waals surface area (Å²) in [5.74, 6) is 0.828. The van der Waals surface area contributed by atoms with Crippen molar-refractivity contribution in [3.8, 4) is 5.75 Å². The van der Waals surface area contributed by atoms with Crippen molar-refractivity contribution in [2.45, 2.75) is 19.5 Å². The van der Waals surface area contributed by atoms with Crippen molar-refractivity contribution in [3.05, 3.63) is 65.7 Å². The van der Waals surface area contributed by atoms with Crippen LogP contribution in [0.5, 0.6) is 5.75 Å². The summed E-state index contributed by atoms with van der Waals surface area (Å²) in [5.41, 5.74) is 2.37. The molecule has 0 radical (unpaired) electrons. The van der Waals surface area contributed by atoms with Gasteiger partial charge in [0.2, 0.25) is 0 Å². The quantitative estimate of drug-likeness (QED) is 0.813. The van der Waals surface area contributed by atoms with Crippen LogP contribution in [-0.4, -0.2) is 18.3 Å². The van der Waals surface area contributed by atoms with Gasteiger partial charge in [0.15, 0.2) is 0 Å². The lowest BCUT2D eigenvalue weighted by Gasteiger charge is -2.16. The highest BCUT2D eigenvalue weighted by Gasteiger charge is 2.07. The Morgan fingerprint density at radius 2 is 1.75 bits per heavy atom. The standard InChI is InChI=1S/C17H21NO2/c1-14(15-7-3-2-4-8-15)18-13-16-9-5-6-10-17(16)20-12-11-19/h2-10,14,18-19H,11-13H2,1H3. The van der Waals surface area contributed by atoms with E-state index in [0.29, 0.717) is 6.61 Å². The number of hydrogen-bond donors (Lipinski definition) is 2. The van der Waals surface area contributed by atoms with Crippen molar-refractivity contribution < 1.29 is 9.84 Å². The summed E-state index contributed by atoms with van der Waals surface area (Å²) in [6.07, 6.45) is 0. The summed E-state index contributed by atoms with van der Waals surface area (Å²) in [6.45, 7) is 3.23. The number of hydrogen-bond acceptors (Lipinski definition) is 3. The average molecular weight is 271 g/mol. The molecule has 0 amide bonds. The van der Waals surface area contributed by atoms with Crippen molar-refractivity contribution in [1.29, 1.82) is 0 Å². The number of aliphatic hydroxyl groups is 1. The summed E-state index contributed by atoms with van der Waals surface area (Å²) >= 11 is 0. The van der Waals surface area contributed by atoms with Crippen LogP contribution in [0.25, 0.3) is 0 Å². The zero-order chi connectivity index (χ0) is 14.2. The van der Waals surface area contributed by atoms with Gasteiger partial charge in [0, 0.05) is 18.2 Å². The third kappa shape index (κ3) is 4.08. The van der Waals surface area contributed by atoms with Gasteiger partial charge in [-0.2, -0.15) is 0 Å². The molecule has 2 N–H and O–H groups in total. The maximum absolute atomic E-state index is 8.84. The summed E-state index contributed by atoms with van der Waals surface area (Å²) < 4.78 is 5.53. The molecule has 2 rings (SSSR count). The molecule has 0 aliphatic carbocycles. The largest absolute Gasteiger partial charge is 0.491 e. The predicted molar refractivity (Wildman–Crippen MR) is 80.7 cm³/mol. The molecular formula is C17H21NO2. The summed E-state index contributed by atoms with van der Waals surface area (Å²) in [7, 11) is 0. The molecule has 0 bridgehead atoms. The topological polar surface area (TPSA) is 41.5 Å². The second-order valence-electron chi connectivity index (χ2n) is 4.69. The van der Waals surface area contributed by atoms with Gasteiger partial charge < -0.3 is 15.2 Å². The molecule has 3 nitrogen and oxygen atoms in total. The SMILES string of the molecule is CC(NCc1ccccc1OCCO)c1ccccc1. The van der Waals surface area contributed by atoms with E-state index in [1.54, 1.807) is 0 Å². The lowest BCUT2D eigenvalue weighted by atomic mass is 10.1. The molecule has 0 saturated carbocycles. The number of nitrogens with one attached hydrogen (secondary N) is 1. The normalized spacial score (nSPS) is 12.1. The Hall–Kier alpha value is -1.84. The Labute approximate surface area is 120 Å². The van der Waals surface area contributed by atoms with Crippen LogP contribution in [0.3, 0.4) is 0 Å². The molecule has 1 unspecified atom stereocenters. The van der Waals surface area contributed by atoms with Gasteiger partial charge in [0.05, 0.1) is 6.61 Å². The highest BCUT2D eigenvalue weighted by molar-refractivity contribution is 5.33. The van der Waals surface area contributed by atoms with Crippen molar-refractivity contribution >= 4 is 0 Å². The van der Waals surface area contributed by atoms with Gasteiger partial charge >= 0.3 is 0 Å². The molecule has 0 heterocycles. The van der Waals surface area contributed by atoms with E-state index in [-0.39, 0.29) is 12.6 Å². The van der Waals surface area contributed by atoms with Gasteiger partial charge in [-0.25, -0.2) is 0 Å². The van der Waals surface area contributed by atoms with Gasteiger partial charge in [-0.15, -0.1) is 0 Å². The zero-order valence-electron chi connectivity index (χ0n) is 11.8. The Morgan fingerprint density at radius 3 is 2.50 bits per heavy atom. The minimum absolute atomic E-state index is 0.0299. The van der Waals surface area contributed by atoms with Crippen LogP contribution < -0.4 is 10.1 Å². The number of rotatable bonds is 7. The van der Waals surface area contributed by atoms with Crippen LogP contribution in [-0.2, 0) is 6.54 Å². The van der Waals surface area contributed by atoms with Crippen LogP contribution in [0.15, 0.2) is 54.6 Å². The van der Waals surface area contributed by atoms with E-state index in [0.717, 1.165) is 17.9 Å². The van der Waals surface area contributed by atoms with E-state index < -0.39 is 0 Å². The molecule has 0 aromatic heterocycles. The maximum Gasteiger partial charge on any atom is 0.123 e. The van der Waals surface area contributed by atoms with Crippen molar-refractivity contribution in [3.63, 3.8) is 0 Å². The van der Waals surface area contributed by atoms with E-state index in [2.05, 4.69) is 24.4 Å². The third-order valence-electron chi connectivity index (χ3n) is 3.22. The summed E-state index contributed by atoms with van der Waals surface area (Å²) in [6, 6.07) is 18.5. The van der Waals surface area contributed by atoms with E-state index in [9.17, 15) is 0 Å². The molecule has 0 spiro atoms. The summed E-state index contributed by atoms with van der Waals surface area (Å²) in [5, 5.41) is 12.3. The van der Waals surface area contributed by atoms with Crippen LogP contribution >= 0.6 is 0 Å². The van der Waals surface area contributed by atoms with Crippen LogP contribution in [0, 0.1) is 0 Å². The molecule has 106 valence electrons. The molecule has 0 aliphatic rings. The van der Waals surface area contributed by atoms with Gasteiger partial charge in [0.1, 0.15) is 12.4 Å². The van der Waals surface area contributed by atoms with Crippen molar-refractivity contribution in [2.75, 3.05) is 13.2 Å². The maximum atomic E-state index is 8.84. The zero-order valence-corrected chi connectivity index (χ0v) is 11.8. The molecule has 0 saturated heterocycles. The molecule has 1 atom stereocenters. The van der Waals surface area contributed by atoms with Crippen molar-refractivity contribution in [2.24, 2.45) is 0 Å². The van der Waals surface area contributed by atoms with Gasteiger partial charge in [-0.3, -0.25) is 0 Å². The fourth-order valence-electron chi connectivity index (χ4n) is 2.07. The van der Waals surface area contributed by atoms with Crippen LogP contribution in [0.1, 0.15) is 24.1 Å². The molecule has 3 heteroatoms. The highest BCUT2D eigenvalue weighted by atomic mass is 16.5. The molecule has 2 aromatic carbocycles. The number of benzene rings is 2. The van der Waals surface area contributed by atoms with E-state index in [4.69, 9.17) is 9.84 Å². The fraction of sp³-hybridized carbons (Fsp3) is 0.294. The first-order chi connectivity index (χ1) is 9.81. The highest BCUT2D eigenvalue weighted by Crippen LogP contribution is 2.19. The minimum atomic E-state index is 0.0299. The number of ether oxygens (including phenoxy) is 1. The lowest BCUT2D eigenvalue weighted by Crippen LogP contribution is -2.18. The third-order valence-corrected chi connectivity index (χ3v) is 3.22. The summed E-state index contributed by atoms with van der Waals surface area (Å²) in [4.78, 5) is 0. The first-order valence-corrected chi connectivity index (χ1v) is 6.91. The second kappa shape index (κ2) is 7.68. The minimum Gasteiger partial charge on any atom is -0.491 e. The van der Waals surface area contributed by atoms with Crippen molar-refractivity contribution in [1.82, 2.24) is 5.32 Å². The Morgan fingerprint density at radius 1 is 1.05 bits per heavy atom. The second-order valence-corrected chi connectivity index (χ2v) is 4.69. The van der Waals surface area contributed by atoms with E-state index in [1.165, 1.54) is 5.56 Å².